The molecule has 0 aliphatic rings. The van der Waals surface area contributed by atoms with E-state index in [9.17, 15) is 9.18 Å². The van der Waals surface area contributed by atoms with Gasteiger partial charge in [0.25, 0.3) is 0 Å². The van der Waals surface area contributed by atoms with Crippen LogP contribution < -0.4 is 5.43 Å². The van der Waals surface area contributed by atoms with Crippen LogP contribution in [0.5, 0.6) is 0 Å². The van der Waals surface area contributed by atoms with E-state index >= 15 is 0 Å². The molecule has 3 heteroatoms. The molecule has 20 heavy (non-hydrogen) atoms. The highest BCUT2D eigenvalue weighted by molar-refractivity contribution is 5.71. The van der Waals surface area contributed by atoms with Gasteiger partial charge < -0.3 is 4.98 Å². The number of aromatic nitrogens is 1. The van der Waals surface area contributed by atoms with Crippen LogP contribution in [-0.2, 0) is 0 Å². The molecule has 0 aliphatic carbocycles. The molecular weight excluding hydrogens is 253 g/mol. The quantitative estimate of drug-likeness (QED) is 0.750. The average Bonchev–Trinajstić information content (AvgIpc) is 2.48. The maximum Gasteiger partial charge on any atom is 0.197 e. The lowest BCUT2D eigenvalue weighted by molar-refractivity contribution is 0.628. The van der Waals surface area contributed by atoms with Gasteiger partial charge in [-0.3, -0.25) is 4.79 Å². The van der Waals surface area contributed by atoms with Crippen LogP contribution in [0.2, 0.25) is 0 Å². The summed E-state index contributed by atoms with van der Waals surface area (Å²) < 4.78 is 13.3. The fourth-order valence-corrected chi connectivity index (χ4v) is 2.19. The van der Waals surface area contributed by atoms with E-state index in [0.717, 1.165) is 5.56 Å². The van der Waals surface area contributed by atoms with Crippen LogP contribution in [0, 0.1) is 5.82 Å². The zero-order valence-electron chi connectivity index (χ0n) is 10.6. The van der Waals surface area contributed by atoms with Crippen molar-refractivity contribution in [2.45, 2.75) is 0 Å². The van der Waals surface area contributed by atoms with Crippen LogP contribution >= 0.6 is 0 Å². The number of hydrogen-bond donors (Lipinski definition) is 1. The Kier molecular flexibility index (Phi) is 3.17. The predicted octanol–water partition coefficient (Wildman–Crippen LogP) is 3.85. The van der Waals surface area contributed by atoms with E-state index in [2.05, 4.69) is 4.98 Å². The van der Waals surface area contributed by atoms with Crippen molar-refractivity contribution >= 4 is 0 Å². The summed E-state index contributed by atoms with van der Waals surface area (Å²) in [4.78, 5) is 15.5. The molecular formula is C17H12FNO. The number of nitrogens with one attached hydrogen (secondary N) is 1. The molecule has 2 nitrogen and oxygen atoms in total. The lowest BCUT2D eigenvalue weighted by Gasteiger charge is -2.05. The minimum atomic E-state index is -0.355. The highest BCUT2D eigenvalue weighted by Gasteiger charge is 2.09. The zero-order valence-corrected chi connectivity index (χ0v) is 10.6. The van der Waals surface area contributed by atoms with E-state index in [1.54, 1.807) is 24.5 Å². The number of aromatic amines is 1. The number of pyridine rings is 1. The Hall–Kier alpha value is -2.68. The minimum Gasteiger partial charge on any atom is -0.366 e. The molecule has 0 fully saturated rings. The van der Waals surface area contributed by atoms with Crippen molar-refractivity contribution in [1.82, 2.24) is 4.98 Å². The molecule has 0 unspecified atom stereocenters. The van der Waals surface area contributed by atoms with Crippen LogP contribution in [-0.4, -0.2) is 4.98 Å². The fraction of sp³-hybridized carbons (Fsp3) is 0. The van der Waals surface area contributed by atoms with Gasteiger partial charge in [-0.25, -0.2) is 4.39 Å². The van der Waals surface area contributed by atoms with Gasteiger partial charge in [0, 0.05) is 23.5 Å². The second-order valence-corrected chi connectivity index (χ2v) is 4.49. The molecule has 1 heterocycles. The maximum absolute atomic E-state index is 13.3. The number of halogens is 1. The molecule has 0 radical (unpaired) electrons. The summed E-state index contributed by atoms with van der Waals surface area (Å²) in [5.74, 6) is -0.355. The number of rotatable bonds is 2. The van der Waals surface area contributed by atoms with E-state index < -0.39 is 0 Å². The first kappa shape index (κ1) is 12.4. The molecule has 0 bridgehead atoms. The van der Waals surface area contributed by atoms with Crippen molar-refractivity contribution in [3.63, 3.8) is 0 Å². The highest BCUT2D eigenvalue weighted by Crippen LogP contribution is 2.20. The molecule has 0 spiro atoms. The van der Waals surface area contributed by atoms with Crippen molar-refractivity contribution in [3.8, 4) is 22.3 Å². The van der Waals surface area contributed by atoms with E-state index in [4.69, 9.17) is 0 Å². The summed E-state index contributed by atoms with van der Waals surface area (Å²) in [6.45, 7) is 0. The average molecular weight is 265 g/mol. The van der Waals surface area contributed by atoms with Crippen LogP contribution in [0.4, 0.5) is 4.39 Å². The Bertz CT molecular complexity index is 793. The van der Waals surface area contributed by atoms with Crippen molar-refractivity contribution < 1.29 is 4.39 Å². The van der Waals surface area contributed by atoms with Gasteiger partial charge in [-0.1, -0.05) is 42.5 Å². The monoisotopic (exact) mass is 265 g/mol. The van der Waals surface area contributed by atoms with E-state index in [0.29, 0.717) is 16.7 Å². The van der Waals surface area contributed by atoms with Crippen molar-refractivity contribution in [2.24, 2.45) is 0 Å². The summed E-state index contributed by atoms with van der Waals surface area (Å²) in [5, 5.41) is 0. The van der Waals surface area contributed by atoms with Crippen LogP contribution in [0.1, 0.15) is 0 Å². The second-order valence-electron chi connectivity index (χ2n) is 4.49. The normalized spacial score (nSPS) is 10.4. The molecule has 1 N–H and O–H groups in total. The van der Waals surface area contributed by atoms with E-state index in [-0.39, 0.29) is 11.2 Å². The van der Waals surface area contributed by atoms with Gasteiger partial charge in [-0.15, -0.1) is 0 Å². The Balaban J connectivity index is 2.18. The zero-order chi connectivity index (χ0) is 13.9. The summed E-state index contributed by atoms with van der Waals surface area (Å²) >= 11 is 0. The SMILES string of the molecule is O=c1c(-c2ccccc2)c[nH]cc1-c1cccc(F)c1. The van der Waals surface area contributed by atoms with E-state index in [1.807, 2.05) is 30.3 Å². The van der Waals surface area contributed by atoms with Crippen LogP contribution in [0.15, 0.2) is 71.8 Å². The van der Waals surface area contributed by atoms with Gasteiger partial charge in [0.2, 0.25) is 0 Å². The molecule has 3 aromatic rings. The standard InChI is InChI=1S/C17H12FNO/c18-14-8-4-7-13(9-14)16-11-19-10-15(17(16)20)12-5-2-1-3-6-12/h1-11H,(H,19,20). The Labute approximate surface area is 115 Å². The highest BCUT2D eigenvalue weighted by atomic mass is 19.1. The molecule has 0 amide bonds. The number of hydrogen-bond acceptors (Lipinski definition) is 1. The summed E-state index contributed by atoms with van der Waals surface area (Å²) in [7, 11) is 0. The molecule has 98 valence electrons. The molecule has 3 rings (SSSR count). The van der Waals surface area contributed by atoms with Crippen molar-refractivity contribution in [1.29, 1.82) is 0 Å². The first-order chi connectivity index (χ1) is 9.75. The third kappa shape index (κ3) is 2.26. The number of benzene rings is 2. The third-order valence-corrected chi connectivity index (χ3v) is 3.17. The third-order valence-electron chi connectivity index (χ3n) is 3.17. The Morgan fingerprint density at radius 1 is 0.800 bits per heavy atom. The van der Waals surface area contributed by atoms with Gasteiger partial charge in [-0.05, 0) is 23.3 Å². The largest absolute Gasteiger partial charge is 0.366 e. The van der Waals surface area contributed by atoms with Crippen LogP contribution in [0.25, 0.3) is 22.3 Å². The summed E-state index contributed by atoms with van der Waals surface area (Å²) in [6, 6.07) is 15.4. The molecule has 1 aromatic heterocycles. The van der Waals surface area contributed by atoms with Gasteiger partial charge in [0.15, 0.2) is 5.43 Å². The topological polar surface area (TPSA) is 32.9 Å². The molecule has 0 saturated carbocycles. The predicted molar refractivity (Wildman–Crippen MR) is 77.9 cm³/mol. The van der Waals surface area contributed by atoms with Crippen molar-refractivity contribution in [2.75, 3.05) is 0 Å². The van der Waals surface area contributed by atoms with E-state index in [1.165, 1.54) is 12.1 Å². The Morgan fingerprint density at radius 2 is 1.45 bits per heavy atom. The maximum atomic E-state index is 13.3. The molecule has 2 aromatic carbocycles. The number of H-pyrrole nitrogens is 1. The smallest absolute Gasteiger partial charge is 0.197 e. The summed E-state index contributed by atoms with van der Waals surface area (Å²) in [5.41, 5.74) is 2.34. The lowest BCUT2D eigenvalue weighted by atomic mass is 10.0. The molecule has 0 aliphatic heterocycles. The second kappa shape index (κ2) is 5.13. The van der Waals surface area contributed by atoms with Gasteiger partial charge in [0.1, 0.15) is 5.82 Å². The van der Waals surface area contributed by atoms with Gasteiger partial charge in [0.05, 0.1) is 0 Å². The molecule has 0 saturated heterocycles. The first-order valence-corrected chi connectivity index (χ1v) is 6.28. The summed E-state index contributed by atoms with van der Waals surface area (Å²) in [6.07, 6.45) is 3.27. The first-order valence-electron chi connectivity index (χ1n) is 6.28. The fourth-order valence-electron chi connectivity index (χ4n) is 2.19. The van der Waals surface area contributed by atoms with Gasteiger partial charge in [-0.2, -0.15) is 0 Å². The Morgan fingerprint density at radius 3 is 2.15 bits per heavy atom. The molecule has 0 atom stereocenters. The van der Waals surface area contributed by atoms with Gasteiger partial charge >= 0.3 is 0 Å². The van der Waals surface area contributed by atoms with Crippen molar-refractivity contribution in [3.05, 3.63) is 83.0 Å². The minimum absolute atomic E-state index is 0.111. The van der Waals surface area contributed by atoms with Crippen LogP contribution in [0.3, 0.4) is 0 Å². The lowest BCUT2D eigenvalue weighted by Crippen LogP contribution is -2.08.